The molecule has 1 saturated heterocycles. The van der Waals surface area contributed by atoms with Gasteiger partial charge in [0.1, 0.15) is 6.04 Å². The number of carbonyl (C=O) groups is 3. The monoisotopic (exact) mass is 560 g/mol. The van der Waals surface area contributed by atoms with E-state index in [1.54, 1.807) is 11.9 Å². The van der Waals surface area contributed by atoms with Gasteiger partial charge in [-0.2, -0.15) is 0 Å². The summed E-state index contributed by atoms with van der Waals surface area (Å²) < 4.78 is 0. The van der Waals surface area contributed by atoms with Gasteiger partial charge in [0.15, 0.2) is 0 Å². The average Bonchev–Trinajstić information content (AvgIpc) is 3.29. The number of rotatable bonds is 12. The molecule has 8 heteroatoms. The fourth-order valence-corrected chi connectivity index (χ4v) is 6.67. The van der Waals surface area contributed by atoms with E-state index in [2.05, 4.69) is 36.3 Å². The van der Waals surface area contributed by atoms with Crippen molar-refractivity contribution in [3.63, 3.8) is 0 Å². The molecule has 3 amide bonds. The first kappa shape index (κ1) is 30.3. The number of aliphatic hydroxyl groups excluding tert-OH is 1. The molecule has 220 valence electrons. The summed E-state index contributed by atoms with van der Waals surface area (Å²) in [6.45, 7) is 7.73. The Morgan fingerprint density at radius 1 is 0.976 bits per heavy atom. The van der Waals surface area contributed by atoms with Crippen molar-refractivity contribution in [2.75, 3.05) is 37.0 Å². The molecule has 2 aromatic carbocycles. The molecule has 4 rings (SSSR count). The Bertz CT molecular complexity index is 1210. The summed E-state index contributed by atoms with van der Waals surface area (Å²) in [6.07, 6.45) is 6.03. The summed E-state index contributed by atoms with van der Waals surface area (Å²) in [5.74, 6) is -2.59. The number of anilines is 2. The largest absolute Gasteiger partial charge is 0.394 e. The minimum atomic E-state index is -0.859. The van der Waals surface area contributed by atoms with E-state index in [0.29, 0.717) is 12.1 Å². The van der Waals surface area contributed by atoms with Gasteiger partial charge in [-0.3, -0.25) is 14.4 Å². The summed E-state index contributed by atoms with van der Waals surface area (Å²) in [7, 11) is 1.59. The Balaban J connectivity index is 1.70. The number of allylic oxidation sites excluding steroid dienone is 1. The van der Waals surface area contributed by atoms with Crippen LogP contribution in [0.25, 0.3) is 0 Å². The van der Waals surface area contributed by atoms with Crippen molar-refractivity contribution < 1.29 is 19.5 Å². The SMILES string of the molecule is CCC[C@@H]1C=C[C@H]2[C@@H](C(=O)N([C@@H](CO)Cc3ccccc3)[C@@H]2C(=O)Nc2ccc(N(CC)CC)cc2)[C@@H]1C(=O)NC. The predicted molar refractivity (Wildman–Crippen MR) is 162 cm³/mol. The summed E-state index contributed by atoms with van der Waals surface area (Å²) in [5, 5.41) is 16.4. The number of nitrogens with zero attached hydrogens (tertiary/aromatic N) is 2. The Morgan fingerprint density at radius 3 is 2.24 bits per heavy atom. The zero-order valence-corrected chi connectivity index (χ0v) is 24.6. The first-order chi connectivity index (χ1) is 19.9. The van der Waals surface area contributed by atoms with Gasteiger partial charge >= 0.3 is 0 Å². The van der Waals surface area contributed by atoms with Crippen molar-refractivity contribution >= 4 is 29.1 Å². The van der Waals surface area contributed by atoms with E-state index in [0.717, 1.165) is 37.2 Å². The van der Waals surface area contributed by atoms with Crippen LogP contribution >= 0.6 is 0 Å². The van der Waals surface area contributed by atoms with Crippen molar-refractivity contribution in [3.05, 3.63) is 72.3 Å². The maximum atomic E-state index is 14.3. The number of likely N-dealkylation sites (tertiary alicyclic amines) is 1. The fraction of sp³-hybridized carbons (Fsp3) is 0.485. The van der Waals surface area contributed by atoms with E-state index in [9.17, 15) is 19.5 Å². The van der Waals surface area contributed by atoms with Gasteiger partial charge in [0, 0.05) is 37.4 Å². The minimum absolute atomic E-state index is 0.0943. The third kappa shape index (κ3) is 6.32. The van der Waals surface area contributed by atoms with Crippen molar-refractivity contribution in [2.45, 2.75) is 52.1 Å². The molecule has 8 nitrogen and oxygen atoms in total. The second-order valence-electron chi connectivity index (χ2n) is 11.0. The molecule has 6 atom stereocenters. The van der Waals surface area contributed by atoms with E-state index in [1.165, 1.54) is 0 Å². The normalized spacial score (nSPS) is 24.1. The van der Waals surface area contributed by atoms with Crippen LogP contribution in [0.4, 0.5) is 11.4 Å². The molecule has 2 aromatic rings. The first-order valence-electron chi connectivity index (χ1n) is 14.9. The van der Waals surface area contributed by atoms with Crippen LogP contribution in [0.3, 0.4) is 0 Å². The molecule has 41 heavy (non-hydrogen) atoms. The molecule has 1 fully saturated rings. The Morgan fingerprint density at radius 2 is 1.66 bits per heavy atom. The number of hydrogen-bond acceptors (Lipinski definition) is 5. The van der Waals surface area contributed by atoms with Crippen molar-refractivity contribution in [1.29, 1.82) is 0 Å². The van der Waals surface area contributed by atoms with E-state index >= 15 is 0 Å². The van der Waals surface area contributed by atoms with Crippen molar-refractivity contribution in [2.24, 2.45) is 23.7 Å². The first-order valence-corrected chi connectivity index (χ1v) is 14.9. The molecule has 0 bridgehead atoms. The van der Waals surface area contributed by atoms with Gasteiger partial charge in [0.25, 0.3) is 0 Å². The topological polar surface area (TPSA) is 102 Å². The number of nitrogens with one attached hydrogen (secondary N) is 2. The van der Waals surface area contributed by atoms with Crippen LogP contribution in [0, 0.1) is 23.7 Å². The van der Waals surface area contributed by atoms with Gasteiger partial charge in [-0.25, -0.2) is 0 Å². The summed E-state index contributed by atoms with van der Waals surface area (Å²) in [4.78, 5) is 45.3. The lowest BCUT2D eigenvalue weighted by Gasteiger charge is -2.34. The molecular formula is C33H44N4O4. The Labute approximate surface area is 243 Å². The predicted octanol–water partition coefficient (Wildman–Crippen LogP) is 3.87. The minimum Gasteiger partial charge on any atom is -0.394 e. The Kier molecular flexibility index (Phi) is 10.2. The molecule has 0 radical (unpaired) electrons. The number of fused-ring (bicyclic) bond motifs is 1. The van der Waals surface area contributed by atoms with Gasteiger partial charge in [-0.1, -0.05) is 55.8 Å². The number of carbonyl (C=O) groups excluding carboxylic acids is 3. The molecule has 1 heterocycles. The summed E-state index contributed by atoms with van der Waals surface area (Å²) in [5.41, 5.74) is 2.67. The highest BCUT2D eigenvalue weighted by molar-refractivity contribution is 6.02. The van der Waals surface area contributed by atoms with Crippen molar-refractivity contribution in [1.82, 2.24) is 10.2 Å². The quantitative estimate of drug-likeness (QED) is 0.342. The molecular weight excluding hydrogens is 516 g/mol. The second-order valence-corrected chi connectivity index (χ2v) is 11.0. The van der Waals surface area contributed by atoms with Gasteiger partial charge in [0.05, 0.1) is 24.5 Å². The summed E-state index contributed by atoms with van der Waals surface area (Å²) in [6, 6.07) is 15.9. The van der Waals surface area contributed by atoms with E-state index in [4.69, 9.17) is 0 Å². The van der Waals surface area contributed by atoms with Crippen LogP contribution in [0.1, 0.15) is 39.2 Å². The van der Waals surface area contributed by atoms with Gasteiger partial charge in [0.2, 0.25) is 17.7 Å². The fourth-order valence-electron chi connectivity index (χ4n) is 6.67. The molecule has 3 N–H and O–H groups in total. The highest BCUT2D eigenvalue weighted by Gasteiger charge is 2.58. The van der Waals surface area contributed by atoms with Crippen molar-refractivity contribution in [3.8, 4) is 0 Å². The lowest BCUT2D eigenvalue weighted by atomic mass is 9.68. The highest BCUT2D eigenvalue weighted by Crippen LogP contribution is 2.46. The third-order valence-electron chi connectivity index (χ3n) is 8.67. The molecule has 1 aliphatic heterocycles. The van der Waals surface area contributed by atoms with Gasteiger partial charge in [-0.05, 0) is 62.4 Å². The lowest BCUT2D eigenvalue weighted by Crippen LogP contribution is -2.51. The molecule has 0 unspecified atom stereocenters. The number of aliphatic hydroxyl groups is 1. The van der Waals surface area contributed by atoms with E-state index < -0.39 is 29.8 Å². The number of benzene rings is 2. The highest BCUT2D eigenvalue weighted by atomic mass is 16.3. The molecule has 0 aromatic heterocycles. The molecule has 0 spiro atoms. The number of amides is 3. The van der Waals surface area contributed by atoms with Gasteiger partial charge in [-0.15, -0.1) is 0 Å². The van der Waals surface area contributed by atoms with E-state index in [-0.39, 0.29) is 30.2 Å². The average molecular weight is 561 g/mol. The lowest BCUT2D eigenvalue weighted by molar-refractivity contribution is -0.142. The van der Waals surface area contributed by atoms with Crippen LogP contribution in [-0.2, 0) is 20.8 Å². The summed E-state index contributed by atoms with van der Waals surface area (Å²) >= 11 is 0. The second kappa shape index (κ2) is 13.8. The van der Waals surface area contributed by atoms with E-state index in [1.807, 2.05) is 66.7 Å². The van der Waals surface area contributed by atoms with Crippen LogP contribution in [0.15, 0.2) is 66.7 Å². The van der Waals surface area contributed by atoms with Crippen LogP contribution in [0.2, 0.25) is 0 Å². The molecule has 1 aliphatic carbocycles. The zero-order chi connectivity index (χ0) is 29.5. The standard InChI is InChI=1S/C33H44N4O4/c1-5-11-23-14-19-27-29(28(23)31(39)34-4)33(41)37(26(21-38)20-22-12-9-8-10-13-22)30(27)32(40)35-24-15-17-25(18-16-24)36(6-2)7-3/h8-10,12-19,23,26-30,38H,5-7,11,20-21H2,1-4H3,(H,34,39)(H,35,40)/t23-,26-,27+,28-,29-,30+/m1/s1. The molecule has 0 saturated carbocycles. The van der Waals surface area contributed by atoms with Crippen LogP contribution in [0.5, 0.6) is 0 Å². The van der Waals surface area contributed by atoms with Crippen LogP contribution < -0.4 is 15.5 Å². The number of hydrogen-bond donors (Lipinski definition) is 3. The molecule has 2 aliphatic rings. The maximum Gasteiger partial charge on any atom is 0.247 e. The smallest absolute Gasteiger partial charge is 0.247 e. The third-order valence-corrected chi connectivity index (χ3v) is 8.67. The van der Waals surface area contributed by atoms with Crippen LogP contribution in [-0.4, -0.2) is 66.6 Å². The van der Waals surface area contributed by atoms with Gasteiger partial charge < -0.3 is 25.5 Å². The maximum absolute atomic E-state index is 14.3. The zero-order valence-electron chi connectivity index (χ0n) is 24.6. The Hall–Kier alpha value is -3.65.